The Kier molecular flexibility index (Phi) is 11.5. The number of isocyanates is 1. The Morgan fingerprint density at radius 1 is 0.886 bits per heavy atom. The molecular formula is C23H57NO4Si7. The summed E-state index contributed by atoms with van der Waals surface area (Å²) in [6.07, 6.45) is 2.04. The molecule has 0 aromatic carbocycles. The second kappa shape index (κ2) is 11.9. The third kappa shape index (κ3) is 6.51. The molecule has 206 valence electrons. The van der Waals surface area contributed by atoms with Crippen LogP contribution in [0.3, 0.4) is 0 Å². The Bertz CT molecular complexity index is 753. The SMILES string of the molecule is CC[Si](C)(C)O[Si](O[SiH]1[SiH2][SiH2][SiH2]1)(O[Si](C)(C)C)C(C)(C)C(C)(C(C)C)C(N=C=O)(C(C)C)C(C)C. The van der Waals surface area contributed by atoms with E-state index in [0.717, 1.165) is 6.04 Å². The fourth-order valence-electron chi connectivity index (χ4n) is 6.34. The van der Waals surface area contributed by atoms with Crippen LogP contribution >= 0.6 is 0 Å². The van der Waals surface area contributed by atoms with Gasteiger partial charge in [0.1, 0.15) is 8.08 Å². The molecule has 0 saturated carbocycles. The van der Waals surface area contributed by atoms with Gasteiger partial charge in [-0.3, -0.25) is 0 Å². The van der Waals surface area contributed by atoms with Gasteiger partial charge in [-0.05, 0) is 65.1 Å². The van der Waals surface area contributed by atoms with Gasteiger partial charge in [-0.1, -0.05) is 69.2 Å². The number of nitrogens with zero attached hydrogens (tertiary/aromatic N) is 1. The summed E-state index contributed by atoms with van der Waals surface area (Å²) >= 11 is 0. The molecule has 1 saturated heterocycles. The quantitative estimate of drug-likeness (QED) is 0.171. The molecule has 1 rings (SSSR count). The summed E-state index contributed by atoms with van der Waals surface area (Å²) in [5, 5.41) is -0.421. The van der Waals surface area contributed by atoms with E-state index in [1.807, 2.05) is 6.08 Å². The molecule has 0 aromatic rings. The molecule has 5 nitrogen and oxygen atoms in total. The van der Waals surface area contributed by atoms with E-state index in [1.54, 1.807) is 0 Å². The Labute approximate surface area is 228 Å². The third-order valence-electron chi connectivity index (χ3n) is 9.12. The van der Waals surface area contributed by atoms with Crippen molar-refractivity contribution < 1.29 is 17.1 Å². The van der Waals surface area contributed by atoms with Gasteiger partial charge in [0, 0.05) is 27.6 Å². The average molecular weight is 608 g/mol. The number of aliphatic imine (C=N–C) groups is 1. The van der Waals surface area contributed by atoms with Crippen molar-refractivity contribution in [2.45, 2.75) is 119 Å². The van der Waals surface area contributed by atoms with Crippen molar-refractivity contribution in [2.75, 3.05) is 0 Å². The molecule has 0 bridgehead atoms. The van der Waals surface area contributed by atoms with Gasteiger partial charge in [0.05, 0.1) is 5.54 Å². The van der Waals surface area contributed by atoms with E-state index in [-0.39, 0.29) is 34.9 Å². The molecule has 1 aliphatic rings. The summed E-state index contributed by atoms with van der Waals surface area (Å²) in [6.45, 7) is 34.4. The van der Waals surface area contributed by atoms with Crippen LogP contribution in [0, 0.1) is 23.2 Å². The molecule has 0 N–H and O–H groups in total. The maximum Gasteiger partial charge on any atom is 0.475 e. The molecule has 0 aliphatic carbocycles. The van der Waals surface area contributed by atoms with Gasteiger partial charge in [-0.15, -0.1) is 0 Å². The first-order chi connectivity index (χ1) is 15.7. The lowest BCUT2D eigenvalue weighted by Gasteiger charge is -2.64. The predicted octanol–water partition coefficient (Wildman–Crippen LogP) is 3.93. The van der Waals surface area contributed by atoms with E-state index in [1.165, 1.54) is 0 Å². The topological polar surface area (TPSA) is 57.1 Å². The van der Waals surface area contributed by atoms with Crippen LogP contribution < -0.4 is 0 Å². The van der Waals surface area contributed by atoms with E-state index in [0.29, 0.717) is 8.55 Å². The Morgan fingerprint density at radius 3 is 1.66 bits per heavy atom. The van der Waals surface area contributed by atoms with Gasteiger partial charge in [0.2, 0.25) is 6.08 Å². The van der Waals surface area contributed by atoms with Crippen molar-refractivity contribution in [3.8, 4) is 0 Å². The zero-order chi connectivity index (χ0) is 27.7. The first kappa shape index (κ1) is 33.8. The predicted molar refractivity (Wildman–Crippen MR) is 171 cm³/mol. The summed E-state index contributed by atoms with van der Waals surface area (Å²) in [7, 11) is -7.84. The summed E-state index contributed by atoms with van der Waals surface area (Å²) in [6, 6.07) is 1.04. The van der Waals surface area contributed by atoms with Crippen LogP contribution in [0.25, 0.3) is 0 Å². The van der Waals surface area contributed by atoms with E-state index in [9.17, 15) is 4.79 Å². The van der Waals surface area contributed by atoms with Gasteiger partial charge in [-0.25, -0.2) is 4.79 Å². The van der Waals surface area contributed by atoms with Crippen LogP contribution in [0.15, 0.2) is 4.99 Å². The minimum Gasteiger partial charge on any atom is -0.426 e. The highest BCUT2D eigenvalue weighted by Crippen LogP contribution is 2.67. The maximum absolute atomic E-state index is 12.1. The van der Waals surface area contributed by atoms with Crippen molar-refractivity contribution in [2.24, 2.45) is 28.2 Å². The van der Waals surface area contributed by atoms with Crippen LogP contribution in [0.1, 0.15) is 69.2 Å². The van der Waals surface area contributed by atoms with Gasteiger partial charge in [-0.2, -0.15) is 4.99 Å². The zero-order valence-corrected chi connectivity index (χ0v) is 34.1. The Morgan fingerprint density at radius 2 is 1.37 bits per heavy atom. The lowest BCUT2D eigenvalue weighted by atomic mass is 9.51. The van der Waals surface area contributed by atoms with Crippen LogP contribution in [0.4, 0.5) is 0 Å². The highest BCUT2D eigenvalue weighted by Gasteiger charge is 2.73. The van der Waals surface area contributed by atoms with E-state index >= 15 is 0 Å². The first-order valence-corrected chi connectivity index (χ1v) is 37.1. The maximum atomic E-state index is 12.1. The normalized spacial score (nSPS) is 23.5. The fourth-order valence-corrected chi connectivity index (χ4v) is 64.0. The first-order valence-electron chi connectivity index (χ1n) is 13.9. The smallest absolute Gasteiger partial charge is 0.426 e. The van der Waals surface area contributed by atoms with Crippen LogP contribution in [-0.2, 0) is 17.1 Å². The summed E-state index contributed by atoms with van der Waals surface area (Å²) in [5.74, 6) is 0.549. The molecule has 0 amide bonds. The van der Waals surface area contributed by atoms with Crippen molar-refractivity contribution in [1.82, 2.24) is 0 Å². The lowest BCUT2D eigenvalue weighted by Crippen LogP contribution is -2.74. The van der Waals surface area contributed by atoms with Crippen molar-refractivity contribution in [3.63, 3.8) is 0 Å². The third-order valence-corrected chi connectivity index (χ3v) is 96.7. The zero-order valence-electron chi connectivity index (χ0n) is 25.7. The second-order valence-electron chi connectivity index (χ2n) is 14.0. The second-order valence-corrected chi connectivity index (χ2v) is 61.7. The highest BCUT2D eigenvalue weighted by molar-refractivity contribution is 7.80. The van der Waals surface area contributed by atoms with E-state index in [4.69, 9.17) is 17.3 Å². The molecule has 0 spiro atoms. The molecule has 2 atom stereocenters. The van der Waals surface area contributed by atoms with Gasteiger partial charge >= 0.3 is 8.80 Å². The molecule has 1 fully saturated rings. The minimum atomic E-state index is -3.19. The van der Waals surface area contributed by atoms with Crippen LogP contribution in [0.2, 0.25) is 43.8 Å². The number of carbonyl (C=O) groups excluding carboxylic acids is 1. The number of hydrogen-bond donors (Lipinski definition) is 0. The fraction of sp³-hybridized carbons (Fsp3) is 0.957. The van der Waals surface area contributed by atoms with Crippen molar-refractivity contribution in [1.29, 1.82) is 0 Å². The Balaban J connectivity index is 4.15. The van der Waals surface area contributed by atoms with E-state index < -0.39 is 49.5 Å². The molecule has 1 aliphatic heterocycles. The molecule has 12 heteroatoms. The van der Waals surface area contributed by atoms with E-state index in [2.05, 4.69) is 102 Å². The monoisotopic (exact) mass is 607 g/mol. The molecular weight excluding hydrogens is 551 g/mol. The molecule has 2 unspecified atom stereocenters. The average Bonchev–Trinajstić information content (AvgIpc) is 2.65. The largest absolute Gasteiger partial charge is 0.475 e. The standard InChI is InChI=1S/C23H57NO4Si7/c1-16-34(14,15)28-35(27-33(11,12)13,26-32-30-29-31-32)21(8,9)22(10,18(2)3)23(19(4)5,20(6)7)24-17-25/h18-20,32H,16,29-31H2,1-15H3. The molecule has 0 aromatic heterocycles. The van der Waals surface area contributed by atoms with Crippen LogP contribution in [0.5, 0.6) is 0 Å². The van der Waals surface area contributed by atoms with Gasteiger partial charge in [0.25, 0.3) is 0 Å². The summed E-state index contributed by atoms with van der Waals surface area (Å²) in [5.41, 5.74) is -1.01. The molecule has 0 radical (unpaired) electrons. The van der Waals surface area contributed by atoms with Crippen molar-refractivity contribution in [3.05, 3.63) is 0 Å². The summed E-state index contributed by atoms with van der Waals surface area (Å²) < 4.78 is 22.4. The molecule has 35 heavy (non-hydrogen) atoms. The van der Waals surface area contributed by atoms with Crippen molar-refractivity contribution >= 4 is 65.3 Å². The number of rotatable bonds is 14. The molecule has 1 heterocycles. The number of hydrogen-bond acceptors (Lipinski definition) is 5. The Hall–Kier alpha value is 0.778. The minimum absolute atomic E-state index is 0.0675. The summed E-state index contributed by atoms with van der Waals surface area (Å²) in [4.78, 5) is 16.8. The highest BCUT2D eigenvalue weighted by atomic mass is 30.1. The van der Waals surface area contributed by atoms with Crippen LogP contribution in [-0.4, -0.2) is 70.8 Å². The van der Waals surface area contributed by atoms with Gasteiger partial charge in [0.15, 0.2) is 16.6 Å². The van der Waals surface area contributed by atoms with Gasteiger partial charge < -0.3 is 12.3 Å². The lowest BCUT2D eigenvalue weighted by molar-refractivity contribution is -0.0432.